The second-order valence-corrected chi connectivity index (χ2v) is 4.07. The summed E-state index contributed by atoms with van der Waals surface area (Å²) in [5.41, 5.74) is 0. The zero-order valence-corrected chi connectivity index (χ0v) is 9.53. The molecule has 3 heteroatoms. The number of hydrogen-bond acceptors (Lipinski definition) is 1. The molecule has 0 heterocycles. The van der Waals surface area contributed by atoms with E-state index in [1.165, 1.54) is 0 Å². The molecule has 0 aromatic rings. The maximum Gasteiger partial charge on any atom is 0.311 e. The van der Waals surface area contributed by atoms with E-state index in [2.05, 4.69) is 0 Å². The number of carbonyl (C=O) groups excluding carboxylic acids is 1. The predicted molar refractivity (Wildman–Crippen MR) is 55.0 cm³/mol. The van der Waals surface area contributed by atoms with E-state index >= 15 is 0 Å². The molecule has 0 unspecified atom stereocenters. The zero-order valence-electron chi connectivity index (χ0n) is 9.53. The summed E-state index contributed by atoms with van der Waals surface area (Å²) in [5, 5.41) is 0. The molecule has 0 saturated carbocycles. The standard InChI is InChI=1S/C10H21N2O/c1-8(2)10(13)12(9(3)4)7-11(5)6/h7-9H,1-6H3/q+1. The second kappa shape index (κ2) is 5.00. The van der Waals surface area contributed by atoms with Crippen LogP contribution in [0.3, 0.4) is 0 Å². The van der Waals surface area contributed by atoms with Gasteiger partial charge in [0, 0.05) is 0 Å². The van der Waals surface area contributed by atoms with Crippen LogP contribution in [-0.2, 0) is 4.79 Å². The molecule has 0 bridgehead atoms. The molecule has 0 aromatic carbocycles. The third-order valence-electron chi connectivity index (χ3n) is 1.66. The Balaban J connectivity index is 4.62. The Morgan fingerprint density at radius 2 is 1.69 bits per heavy atom. The Labute approximate surface area is 81.1 Å². The summed E-state index contributed by atoms with van der Waals surface area (Å²) >= 11 is 0. The van der Waals surface area contributed by atoms with Crippen molar-refractivity contribution in [3.63, 3.8) is 0 Å². The first-order chi connectivity index (χ1) is 5.86. The summed E-state index contributed by atoms with van der Waals surface area (Å²) in [4.78, 5) is 13.5. The van der Waals surface area contributed by atoms with Crippen LogP contribution in [0.2, 0.25) is 0 Å². The van der Waals surface area contributed by atoms with Crippen LogP contribution in [0.4, 0.5) is 0 Å². The van der Waals surface area contributed by atoms with E-state index in [-0.39, 0.29) is 17.9 Å². The summed E-state index contributed by atoms with van der Waals surface area (Å²) in [6.07, 6.45) is 1.84. The Morgan fingerprint density at radius 1 is 1.23 bits per heavy atom. The van der Waals surface area contributed by atoms with E-state index in [0.29, 0.717) is 0 Å². The number of carbonyl (C=O) groups is 1. The van der Waals surface area contributed by atoms with Crippen molar-refractivity contribution in [2.24, 2.45) is 5.92 Å². The Hall–Kier alpha value is -0.860. The van der Waals surface area contributed by atoms with Gasteiger partial charge in [0.05, 0.1) is 26.1 Å². The van der Waals surface area contributed by atoms with Crippen LogP contribution in [0.15, 0.2) is 0 Å². The first kappa shape index (κ1) is 12.1. The van der Waals surface area contributed by atoms with Crippen LogP contribution >= 0.6 is 0 Å². The molecule has 0 aromatic heterocycles. The predicted octanol–water partition coefficient (Wildman–Crippen LogP) is 1.18. The van der Waals surface area contributed by atoms with E-state index in [0.717, 1.165) is 0 Å². The van der Waals surface area contributed by atoms with Gasteiger partial charge in [0.25, 0.3) is 0 Å². The van der Waals surface area contributed by atoms with Gasteiger partial charge in [0.1, 0.15) is 0 Å². The smallest absolute Gasteiger partial charge is 0.273 e. The first-order valence-electron chi connectivity index (χ1n) is 4.69. The van der Waals surface area contributed by atoms with Crippen molar-refractivity contribution in [1.82, 2.24) is 4.90 Å². The molecular formula is C10H21N2O+. The highest BCUT2D eigenvalue weighted by Gasteiger charge is 2.24. The van der Waals surface area contributed by atoms with Crippen LogP contribution in [0.5, 0.6) is 0 Å². The third-order valence-corrected chi connectivity index (χ3v) is 1.66. The zero-order chi connectivity index (χ0) is 10.6. The van der Waals surface area contributed by atoms with E-state index in [9.17, 15) is 4.79 Å². The minimum Gasteiger partial charge on any atom is -0.273 e. The van der Waals surface area contributed by atoms with Crippen LogP contribution in [0, 0.1) is 5.92 Å². The number of rotatable bonds is 3. The van der Waals surface area contributed by atoms with Crippen LogP contribution in [-0.4, -0.2) is 41.9 Å². The maximum atomic E-state index is 11.7. The molecule has 76 valence electrons. The average molecular weight is 185 g/mol. The monoisotopic (exact) mass is 185 g/mol. The average Bonchev–Trinajstić information content (AvgIpc) is 1.97. The molecule has 0 aliphatic rings. The van der Waals surface area contributed by atoms with Crippen molar-refractivity contribution in [3.8, 4) is 0 Å². The molecule has 0 atom stereocenters. The van der Waals surface area contributed by atoms with Gasteiger partial charge in [-0.05, 0) is 13.8 Å². The number of hydrogen-bond donors (Lipinski definition) is 0. The van der Waals surface area contributed by atoms with Crippen molar-refractivity contribution in [3.05, 3.63) is 0 Å². The Kier molecular flexibility index (Phi) is 4.67. The quantitative estimate of drug-likeness (QED) is 0.368. The van der Waals surface area contributed by atoms with Gasteiger partial charge < -0.3 is 0 Å². The molecule has 0 aliphatic heterocycles. The fourth-order valence-corrected chi connectivity index (χ4v) is 0.992. The Morgan fingerprint density at radius 3 is 1.92 bits per heavy atom. The number of nitrogens with zero attached hydrogens (tertiary/aromatic N) is 2. The highest BCUT2D eigenvalue weighted by molar-refractivity contribution is 5.88. The highest BCUT2D eigenvalue weighted by atomic mass is 16.2. The normalized spacial score (nSPS) is 10.5. The van der Waals surface area contributed by atoms with Crippen LogP contribution in [0.1, 0.15) is 27.7 Å². The molecule has 0 N–H and O–H groups in total. The molecular weight excluding hydrogens is 164 g/mol. The molecule has 0 radical (unpaired) electrons. The maximum absolute atomic E-state index is 11.7. The van der Waals surface area contributed by atoms with Gasteiger partial charge in [-0.2, -0.15) is 0 Å². The van der Waals surface area contributed by atoms with Gasteiger partial charge in [0.15, 0.2) is 0 Å². The second-order valence-electron chi connectivity index (χ2n) is 4.07. The lowest BCUT2D eigenvalue weighted by atomic mass is 10.2. The molecule has 3 nitrogen and oxygen atoms in total. The Bertz CT molecular complexity index is 203. The highest BCUT2D eigenvalue weighted by Crippen LogP contribution is 2.03. The molecule has 0 rings (SSSR count). The molecule has 0 fully saturated rings. The van der Waals surface area contributed by atoms with Crippen molar-refractivity contribution in [1.29, 1.82) is 0 Å². The van der Waals surface area contributed by atoms with Gasteiger partial charge in [0.2, 0.25) is 6.34 Å². The minimum atomic E-state index is 0.0543. The van der Waals surface area contributed by atoms with Crippen molar-refractivity contribution >= 4 is 12.2 Å². The minimum absolute atomic E-state index is 0.0543. The fourth-order valence-electron chi connectivity index (χ4n) is 0.992. The first-order valence-corrected chi connectivity index (χ1v) is 4.69. The van der Waals surface area contributed by atoms with E-state index < -0.39 is 0 Å². The van der Waals surface area contributed by atoms with E-state index in [1.54, 1.807) is 4.90 Å². The van der Waals surface area contributed by atoms with E-state index in [1.807, 2.05) is 52.7 Å². The SMILES string of the molecule is CC(C)C(=O)N(C=[N+](C)C)C(C)C. The topological polar surface area (TPSA) is 23.3 Å². The van der Waals surface area contributed by atoms with Crippen molar-refractivity contribution in [2.45, 2.75) is 33.7 Å². The van der Waals surface area contributed by atoms with Gasteiger partial charge in [-0.1, -0.05) is 13.8 Å². The van der Waals surface area contributed by atoms with Crippen LogP contribution < -0.4 is 0 Å². The van der Waals surface area contributed by atoms with Crippen LogP contribution in [0.25, 0.3) is 0 Å². The molecule has 0 aliphatic carbocycles. The lowest BCUT2D eigenvalue weighted by molar-refractivity contribution is -0.464. The molecule has 0 saturated heterocycles. The van der Waals surface area contributed by atoms with Gasteiger partial charge >= 0.3 is 5.91 Å². The number of amides is 1. The van der Waals surface area contributed by atoms with Gasteiger partial charge in [-0.15, -0.1) is 0 Å². The molecule has 1 amide bonds. The van der Waals surface area contributed by atoms with E-state index in [4.69, 9.17) is 0 Å². The summed E-state index contributed by atoms with van der Waals surface area (Å²) in [6, 6.07) is 0.220. The summed E-state index contributed by atoms with van der Waals surface area (Å²) < 4.78 is 1.89. The van der Waals surface area contributed by atoms with Crippen molar-refractivity contribution in [2.75, 3.05) is 14.1 Å². The summed E-state index contributed by atoms with van der Waals surface area (Å²) in [7, 11) is 3.84. The molecule has 0 spiro atoms. The third kappa shape index (κ3) is 4.06. The lowest BCUT2D eigenvalue weighted by Crippen LogP contribution is -2.40. The summed E-state index contributed by atoms with van der Waals surface area (Å²) in [6.45, 7) is 7.86. The van der Waals surface area contributed by atoms with Gasteiger partial charge in [-0.3, -0.25) is 4.58 Å². The summed E-state index contributed by atoms with van der Waals surface area (Å²) in [5.74, 6) is 0.224. The fraction of sp³-hybridized carbons (Fsp3) is 0.800. The molecule has 13 heavy (non-hydrogen) atoms. The largest absolute Gasteiger partial charge is 0.311 e. The van der Waals surface area contributed by atoms with Gasteiger partial charge in [-0.25, -0.2) is 9.69 Å². The lowest BCUT2D eigenvalue weighted by Gasteiger charge is -2.17. The van der Waals surface area contributed by atoms with Crippen molar-refractivity contribution < 1.29 is 9.37 Å².